The van der Waals surface area contributed by atoms with Gasteiger partial charge in [0.25, 0.3) is 0 Å². The minimum absolute atomic E-state index is 1.24. The highest BCUT2D eigenvalue weighted by Crippen LogP contribution is 2.49. The molecule has 0 heteroatoms. The van der Waals surface area contributed by atoms with Crippen LogP contribution in [0, 0.1) is 0 Å². The van der Waals surface area contributed by atoms with Gasteiger partial charge < -0.3 is 0 Å². The maximum atomic E-state index is 2.29. The Morgan fingerprint density at radius 1 is 0.235 bits per heavy atom. The summed E-state index contributed by atoms with van der Waals surface area (Å²) in [5.74, 6) is 0. The summed E-state index contributed by atoms with van der Waals surface area (Å²) in [6.07, 6.45) is 0. The van der Waals surface area contributed by atoms with Gasteiger partial charge in [-0.1, -0.05) is 133 Å². The summed E-state index contributed by atoms with van der Waals surface area (Å²) in [5, 5.41) is 2.70. The molecule has 0 N–H and O–H groups in total. The second kappa shape index (κ2) is 7.57. The Kier molecular flexibility index (Phi) is 4.25. The lowest BCUT2D eigenvalue weighted by atomic mass is 9.93. The molecule has 158 valence electrons. The van der Waals surface area contributed by atoms with Crippen molar-refractivity contribution in [2.24, 2.45) is 0 Å². The topological polar surface area (TPSA) is 0 Å². The van der Waals surface area contributed by atoms with Crippen molar-refractivity contribution in [2.75, 3.05) is 0 Å². The average molecular weight is 431 g/mol. The molecular formula is C34H22. The maximum absolute atomic E-state index is 2.29. The molecule has 6 aromatic rings. The van der Waals surface area contributed by atoms with E-state index >= 15 is 0 Å². The summed E-state index contributed by atoms with van der Waals surface area (Å²) in [5.41, 5.74) is 12.9. The average Bonchev–Trinajstić information content (AvgIpc) is 3.25. The fourth-order valence-corrected chi connectivity index (χ4v) is 5.39. The number of hydrogen-bond acceptors (Lipinski definition) is 0. The molecule has 34 heavy (non-hydrogen) atoms. The van der Waals surface area contributed by atoms with Crippen LogP contribution in [0.5, 0.6) is 0 Å². The highest BCUT2D eigenvalue weighted by Gasteiger charge is 2.21. The summed E-state index contributed by atoms with van der Waals surface area (Å²) >= 11 is 0. The fraction of sp³-hybridized carbons (Fsp3) is 0. The Morgan fingerprint density at radius 3 is 1.29 bits per heavy atom. The highest BCUT2D eigenvalue weighted by atomic mass is 14.2. The number of fused-ring (bicyclic) bond motifs is 3. The molecule has 0 atom stereocenters. The molecule has 0 heterocycles. The van der Waals surface area contributed by atoms with Gasteiger partial charge in [-0.05, 0) is 66.4 Å². The zero-order valence-corrected chi connectivity index (χ0v) is 18.7. The van der Waals surface area contributed by atoms with Gasteiger partial charge in [-0.3, -0.25) is 0 Å². The minimum atomic E-state index is 1.24. The molecular weight excluding hydrogens is 408 g/mol. The van der Waals surface area contributed by atoms with E-state index in [9.17, 15) is 0 Å². The van der Waals surface area contributed by atoms with E-state index < -0.39 is 0 Å². The lowest BCUT2D eigenvalue weighted by Gasteiger charge is -2.11. The monoisotopic (exact) mass is 430 g/mol. The molecule has 6 aromatic carbocycles. The Balaban J connectivity index is 1.26. The number of benzene rings is 6. The van der Waals surface area contributed by atoms with Gasteiger partial charge in [0.05, 0.1) is 0 Å². The van der Waals surface area contributed by atoms with Crippen molar-refractivity contribution >= 4 is 10.8 Å². The second-order valence-electron chi connectivity index (χ2n) is 8.96. The predicted molar refractivity (Wildman–Crippen MR) is 145 cm³/mol. The predicted octanol–water partition coefficient (Wildman–Crippen LogP) is 9.49. The second-order valence-corrected chi connectivity index (χ2v) is 8.96. The number of rotatable bonds is 3. The molecule has 0 radical (unpaired) electrons. The smallest absolute Gasteiger partial charge is 0.00201 e. The van der Waals surface area contributed by atoms with Gasteiger partial charge in [0.2, 0.25) is 0 Å². The van der Waals surface area contributed by atoms with Crippen LogP contribution >= 0.6 is 0 Å². The zero-order chi connectivity index (χ0) is 22.5. The summed E-state index contributed by atoms with van der Waals surface area (Å²) < 4.78 is 0. The molecule has 0 amide bonds. The third-order valence-corrected chi connectivity index (χ3v) is 7.07. The Labute approximate surface area is 199 Å². The first-order valence-electron chi connectivity index (χ1n) is 11.8. The largest absolute Gasteiger partial charge is 0.0622 e. The van der Waals surface area contributed by atoms with Crippen LogP contribution in [-0.4, -0.2) is 0 Å². The molecule has 0 fully saturated rings. The molecule has 0 unspecified atom stereocenters. The van der Waals surface area contributed by atoms with E-state index in [0.717, 1.165) is 0 Å². The first-order valence-corrected chi connectivity index (χ1v) is 11.8. The van der Waals surface area contributed by atoms with Crippen LogP contribution in [0.3, 0.4) is 0 Å². The van der Waals surface area contributed by atoms with Crippen molar-refractivity contribution in [1.82, 2.24) is 0 Å². The van der Waals surface area contributed by atoms with Crippen LogP contribution < -0.4 is 0 Å². The van der Waals surface area contributed by atoms with Gasteiger partial charge in [-0.15, -0.1) is 0 Å². The first-order chi connectivity index (χ1) is 16.9. The third-order valence-electron chi connectivity index (χ3n) is 7.07. The standard InChI is InChI=1S/C34H22/c1-2-7-23(8-3-1)24-13-15-25(16-14-24)26-17-19-27(20-18-26)28-21-22-33-30-10-5-4-9-29(30)32-12-6-11-31(28)34(32)33/h1-22H. The molecule has 0 aliphatic heterocycles. The molecule has 0 saturated heterocycles. The first kappa shape index (κ1) is 19.1. The third kappa shape index (κ3) is 2.93. The van der Waals surface area contributed by atoms with Gasteiger partial charge in [0.1, 0.15) is 0 Å². The van der Waals surface area contributed by atoms with Crippen molar-refractivity contribution in [3.05, 3.63) is 133 Å². The van der Waals surface area contributed by atoms with Crippen LogP contribution in [0.15, 0.2) is 133 Å². The molecule has 1 aliphatic rings. The fourth-order valence-electron chi connectivity index (χ4n) is 5.39. The summed E-state index contributed by atoms with van der Waals surface area (Å²) in [7, 11) is 0. The van der Waals surface area contributed by atoms with Crippen molar-refractivity contribution < 1.29 is 0 Å². The molecule has 0 aromatic heterocycles. The quantitative estimate of drug-likeness (QED) is 0.262. The van der Waals surface area contributed by atoms with Crippen molar-refractivity contribution in [3.8, 4) is 55.6 Å². The van der Waals surface area contributed by atoms with Gasteiger partial charge in [-0.25, -0.2) is 0 Å². The summed E-state index contributed by atoms with van der Waals surface area (Å²) in [6.45, 7) is 0. The highest BCUT2D eigenvalue weighted by molar-refractivity contribution is 6.18. The molecule has 1 aliphatic carbocycles. The van der Waals surface area contributed by atoms with E-state index in [-0.39, 0.29) is 0 Å². The van der Waals surface area contributed by atoms with Gasteiger partial charge in [0.15, 0.2) is 0 Å². The Morgan fingerprint density at radius 2 is 0.676 bits per heavy atom. The van der Waals surface area contributed by atoms with E-state index in [1.165, 1.54) is 66.4 Å². The van der Waals surface area contributed by atoms with E-state index in [2.05, 4.69) is 133 Å². The summed E-state index contributed by atoms with van der Waals surface area (Å²) in [6, 6.07) is 48.4. The molecule has 0 saturated carbocycles. The normalized spacial score (nSPS) is 11.5. The van der Waals surface area contributed by atoms with E-state index in [1.807, 2.05) is 0 Å². The van der Waals surface area contributed by atoms with Crippen molar-refractivity contribution in [2.45, 2.75) is 0 Å². The molecule has 0 spiro atoms. The van der Waals surface area contributed by atoms with Crippen LogP contribution in [0.25, 0.3) is 66.4 Å². The van der Waals surface area contributed by atoms with Crippen LogP contribution in [0.1, 0.15) is 0 Å². The van der Waals surface area contributed by atoms with Gasteiger partial charge in [-0.2, -0.15) is 0 Å². The molecule has 7 rings (SSSR count). The van der Waals surface area contributed by atoms with Gasteiger partial charge in [0, 0.05) is 0 Å². The van der Waals surface area contributed by atoms with Crippen LogP contribution in [-0.2, 0) is 0 Å². The van der Waals surface area contributed by atoms with Gasteiger partial charge >= 0.3 is 0 Å². The Hall–Kier alpha value is -4.42. The summed E-state index contributed by atoms with van der Waals surface area (Å²) in [4.78, 5) is 0. The van der Waals surface area contributed by atoms with Crippen LogP contribution in [0.4, 0.5) is 0 Å². The number of hydrogen-bond donors (Lipinski definition) is 0. The minimum Gasteiger partial charge on any atom is -0.0622 e. The van der Waals surface area contributed by atoms with E-state index in [0.29, 0.717) is 0 Å². The van der Waals surface area contributed by atoms with E-state index in [1.54, 1.807) is 0 Å². The molecule has 0 nitrogen and oxygen atoms in total. The SMILES string of the molecule is c1ccc(-c2ccc(-c3ccc(-c4ccc5c6c(cccc46)-c4ccccc4-5)cc3)cc2)cc1. The Bertz CT molecular complexity index is 1630. The van der Waals surface area contributed by atoms with Crippen LogP contribution in [0.2, 0.25) is 0 Å². The lowest BCUT2D eigenvalue weighted by molar-refractivity contribution is 1.58. The lowest BCUT2D eigenvalue weighted by Crippen LogP contribution is -1.85. The zero-order valence-electron chi connectivity index (χ0n) is 18.7. The van der Waals surface area contributed by atoms with Crippen molar-refractivity contribution in [3.63, 3.8) is 0 Å². The van der Waals surface area contributed by atoms with E-state index in [4.69, 9.17) is 0 Å². The van der Waals surface area contributed by atoms with Crippen molar-refractivity contribution in [1.29, 1.82) is 0 Å². The maximum Gasteiger partial charge on any atom is -0.00201 e. The molecule has 0 bridgehead atoms.